The number of hydrogen-bond acceptors (Lipinski definition) is 4. The number of aliphatic hydroxyl groups excluding tert-OH is 2. The highest BCUT2D eigenvalue weighted by Crippen LogP contribution is 2.19. The summed E-state index contributed by atoms with van der Waals surface area (Å²) in [6, 6.07) is 5.09. The zero-order valence-electron chi connectivity index (χ0n) is 8.83. The largest absolute Gasteiger partial charge is 0.385 e. The summed E-state index contributed by atoms with van der Waals surface area (Å²) in [6.07, 6.45) is -3.08. The van der Waals surface area contributed by atoms with Crippen LogP contribution in [0, 0.1) is 0 Å². The highest BCUT2D eigenvalue weighted by molar-refractivity contribution is 5.87. The lowest BCUT2D eigenvalue weighted by Gasteiger charge is -2.15. The summed E-state index contributed by atoms with van der Waals surface area (Å²) in [7, 11) is 0. The van der Waals surface area contributed by atoms with E-state index in [9.17, 15) is 19.8 Å². The number of hydrogen-bond donors (Lipinski definition) is 5. The van der Waals surface area contributed by atoms with E-state index in [1.807, 2.05) is 0 Å². The van der Waals surface area contributed by atoms with Gasteiger partial charge < -0.3 is 27.0 Å². The van der Waals surface area contributed by atoms with Crippen LogP contribution >= 0.6 is 0 Å². The van der Waals surface area contributed by atoms with E-state index in [1.54, 1.807) is 0 Å². The maximum atomic E-state index is 10.7. The van der Waals surface area contributed by atoms with Crippen LogP contribution in [0.1, 0.15) is 11.7 Å². The molecule has 0 aliphatic carbocycles. The molecule has 0 aliphatic heterocycles. The first kappa shape index (κ1) is 12.9. The van der Waals surface area contributed by atoms with Crippen molar-refractivity contribution in [1.82, 2.24) is 0 Å². The van der Waals surface area contributed by atoms with Gasteiger partial charge >= 0.3 is 6.03 Å². The Morgan fingerprint density at radius 2 is 1.65 bits per heavy atom. The van der Waals surface area contributed by atoms with Crippen molar-refractivity contribution in [2.45, 2.75) is 12.2 Å². The normalized spacial score (nSPS) is 13.8. The first-order chi connectivity index (χ1) is 7.91. The third-order valence-electron chi connectivity index (χ3n) is 2.11. The summed E-state index contributed by atoms with van der Waals surface area (Å²) in [5.41, 5.74) is 10.5. The molecule has 0 aliphatic rings. The van der Waals surface area contributed by atoms with E-state index in [-0.39, 0.29) is 0 Å². The van der Waals surface area contributed by atoms with E-state index in [1.165, 1.54) is 24.3 Å². The smallest absolute Gasteiger partial charge is 0.316 e. The van der Waals surface area contributed by atoms with E-state index in [0.717, 1.165) is 0 Å². The van der Waals surface area contributed by atoms with Crippen molar-refractivity contribution in [1.29, 1.82) is 0 Å². The highest BCUT2D eigenvalue weighted by atomic mass is 16.3. The lowest BCUT2D eigenvalue weighted by atomic mass is 10.0. The first-order valence-electron chi connectivity index (χ1n) is 4.73. The van der Waals surface area contributed by atoms with Crippen LogP contribution in [0.25, 0.3) is 0 Å². The van der Waals surface area contributed by atoms with Gasteiger partial charge in [0.15, 0.2) is 6.10 Å². The van der Waals surface area contributed by atoms with E-state index < -0.39 is 24.1 Å². The van der Waals surface area contributed by atoms with Gasteiger partial charge in [-0.05, 0) is 17.7 Å². The molecule has 7 N–H and O–H groups in total. The summed E-state index contributed by atoms with van der Waals surface area (Å²) in [5.74, 6) is -1.02. The van der Waals surface area contributed by atoms with E-state index >= 15 is 0 Å². The molecule has 0 aromatic heterocycles. The number of urea groups is 1. The molecule has 1 aromatic carbocycles. The van der Waals surface area contributed by atoms with Crippen LogP contribution in [0.4, 0.5) is 10.5 Å². The third-order valence-corrected chi connectivity index (χ3v) is 2.11. The summed E-state index contributed by atoms with van der Waals surface area (Å²) in [6.45, 7) is 0. The first-order valence-corrected chi connectivity index (χ1v) is 4.73. The summed E-state index contributed by atoms with van der Waals surface area (Å²) < 4.78 is 0. The standard InChI is InChI=1S/C10H13N3O4/c11-9(16)8(15)7(14)5-1-3-6(4-2-5)13-10(12)17/h1-4,7-8,14-15H,(H2,11,16)(H3,12,13,17). The number of primary amides is 2. The van der Waals surface area contributed by atoms with Crippen molar-refractivity contribution >= 4 is 17.6 Å². The number of nitrogens with two attached hydrogens (primary N) is 2. The fraction of sp³-hybridized carbons (Fsp3) is 0.200. The van der Waals surface area contributed by atoms with Gasteiger partial charge in [0.25, 0.3) is 0 Å². The maximum absolute atomic E-state index is 10.7. The third kappa shape index (κ3) is 3.44. The van der Waals surface area contributed by atoms with Gasteiger partial charge in [-0.1, -0.05) is 12.1 Å². The van der Waals surface area contributed by atoms with E-state index in [2.05, 4.69) is 5.32 Å². The van der Waals surface area contributed by atoms with Gasteiger partial charge in [0.05, 0.1) is 0 Å². The molecule has 0 saturated carbocycles. The zero-order chi connectivity index (χ0) is 13.0. The van der Waals surface area contributed by atoms with Crippen molar-refractivity contribution in [2.24, 2.45) is 11.5 Å². The molecule has 0 spiro atoms. The second kappa shape index (κ2) is 5.28. The topological polar surface area (TPSA) is 139 Å². The molecule has 3 amide bonds. The Morgan fingerprint density at radius 3 is 2.06 bits per heavy atom. The molecule has 92 valence electrons. The predicted molar refractivity (Wildman–Crippen MR) is 59.8 cm³/mol. The average molecular weight is 239 g/mol. The Kier molecular flexibility index (Phi) is 4.02. The van der Waals surface area contributed by atoms with E-state index in [4.69, 9.17) is 11.5 Å². The molecule has 7 heteroatoms. The molecule has 0 fully saturated rings. The number of rotatable bonds is 4. The number of aliphatic hydroxyl groups is 2. The molecule has 0 heterocycles. The fourth-order valence-corrected chi connectivity index (χ4v) is 1.24. The van der Waals surface area contributed by atoms with Crippen molar-refractivity contribution in [3.63, 3.8) is 0 Å². The Labute approximate surface area is 97.0 Å². The van der Waals surface area contributed by atoms with Gasteiger partial charge in [0, 0.05) is 5.69 Å². The molecule has 2 atom stereocenters. The van der Waals surface area contributed by atoms with Gasteiger partial charge in [-0.3, -0.25) is 4.79 Å². The highest BCUT2D eigenvalue weighted by Gasteiger charge is 2.23. The summed E-state index contributed by atoms with van der Waals surface area (Å²) >= 11 is 0. The molecule has 17 heavy (non-hydrogen) atoms. The molecule has 0 bridgehead atoms. The summed E-state index contributed by atoms with van der Waals surface area (Å²) in [4.78, 5) is 21.2. The number of anilines is 1. The quantitative estimate of drug-likeness (QED) is 0.462. The van der Waals surface area contributed by atoms with Gasteiger partial charge in [0.1, 0.15) is 6.10 Å². The number of carbonyl (C=O) groups excluding carboxylic acids is 2. The predicted octanol–water partition coefficient (Wildman–Crippen LogP) is -0.943. The molecular formula is C10H13N3O4. The van der Waals surface area contributed by atoms with Crippen LogP contribution in [0.15, 0.2) is 24.3 Å². The molecule has 2 unspecified atom stereocenters. The summed E-state index contributed by atoms with van der Waals surface area (Å²) in [5, 5.41) is 21.1. The SMILES string of the molecule is NC(=O)Nc1ccc(C(O)C(O)C(N)=O)cc1. The second-order valence-electron chi connectivity index (χ2n) is 3.40. The van der Waals surface area contributed by atoms with Crippen LogP contribution in [-0.4, -0.2) is 28.3 Å². The van der Waals surface area contributed by atoms with Crippen LogP contribution in [0.2, 0.25) is 0 Å². The van der Waals surface area contributed by atoms with Crippen LogP contribution in [0.3, 0.4) is 0 Å². The van der Waals surface area contributed by atoms with Crippen LogP contribution in [-0.2, 0) is 4.79 Å². The Balaban J connectivity index is 2.80. The molecule has 1 aromatic rings. The maximum Gasteiger partial charge on any atom is 0.316 e. The molecule has 7 nitrogen and oxygen atoms in total. The van der Waals surface area contributed by atoms with Gasteiger partial charge in [0.2, 0.25) is 5.91 Å². The van der Waals surface area contributed by atoms with Crippen molar-refractivity contribution in [2.75, 3.05) is 5.32 Å². The molecule has 1 rings (SSSR count). The minimum atomic E-state index is -1.68. The molecular weight excluding hydrogens is 226 g/mol. The number of carbonyl (C=O) groups is 2. The van der Waals surface area contributed by atoms with Gasteiger partial charge in [-0.2, -0.15) is 0 Å². The number of nitrogens with one attached hydrogen (secondary N) is 1. The monoisotopic (exact) mass is 239 g/mol. The zero-order valence-corrected chi connectivity index (χ0v) is 8.83. The Morgan fingerprint density at radius 1 is 1.12 bits per heavy atom. The minimum Gasteiger partial charge on any atom is -0.385 e. The average Bonchev–Trinajstić information content (AvgIpc) is 2.27. The van der Waals surface area contributed by atoms with E-state index in [0.29, 0.717) is 11.3 Å². The van der Waals surface area contributed by atoms with Crippen molar-refractivity contribution in [3.8, 4) is 0 Å². The minimum absolute atomic E-state index is 0.298. The van der Waals surface area contributed by atoms with Gasteiger partial charge in [-0.25, -0.2) is 4.79 Å². The fourth-order valence-electron chi connectivity index (χ4n) is 1.24. The van der Waals surface area contributed by atoms with Crippen molar-refractivity contribution < 1.29 is 19.8 Å². The number of amides is 3. The molecule has 0 saturated heterocycles. The lowest BCUT2D eigenvalue weighted by molar-refractivity contribution is -0.131. The second-order valence-corrected chi connectivity index (χ2v) is 3.40. The van der Waals surface area contributed by atoms with Crippen molar-refractivity contribution in [3.05, 3.63) is 29.8 Å². The molecule has 0 radical (unpaired) electrons. The number of benzene rings is 1. The Hall–Kier alpha value is -2.12. The van der Waals surface area contributed by atoms with Gasteiger partial charge in [-0.15, -0.1) is 0 Å². The lowest BCUT2D eigenvalue weighted by Crippen LogP contribution is -2.33. The van der Waals surface area contributed by atoms with Crippen LogP contribution in [0.5, 0.6) is 0 Å². The Bertz CT molecular complexity index is 418. The van der Waals surface area contributed by atoms with Crippen LogP contribution < -0.4 is 16.8 Å².